The van der Waals surface area contributed by atoms with Crippen LogP contribution in [-0.4, -0.2) is 73.0 Å². The van der Waals surface area contributed by atoms with Gasteiger partial charge in [0.15, 0.2) is 0 Å². The van der Waals surface area contributed by atoms with Gasteiger partial charge in [-0.2, -0.15) is 0 Å². The molecule has 8 heteroatoms. The summed E-state index contributed by atoms with van der Waals surface area (Å²) in [6, 6.07) is 5.75. The molecule has 31 heavy (non-hydrogen) atoms. The number of hydrogen-bond donors (Lipinski definition) is 3. The van der Waals surface area contributed by atoms with Crippen LogP contribution in [0.3, 0.4) is 0 Å². The van der Waals surface area contributed by atoms with E-state index in [9.17, 15) is 14.4 Å². The molecule has 0 radical (unpaired) electrons. The molecule has 3 N–H and O–H groups in total. The third-order valence-corrected chi connectivity index (χ3v) is 6.14. The van der Waals surface area contributed by atoms with Crippen molar-refractivity contribution in [2.24, 2.45) is 0 Å². The molecule has 1 aliphatic heterocycles. The molecule has 1 aromatic carbocycles. The summed E-state index contributed by atoms with van der Waals surface area (Å²) in [5, 5.41) is 8.37. The molecule has 4 amide bonds. The summed E-state index contributed by atoms with van der Waals surface area (Å²) < 4.78 is 0. The Hall–Kier alpha value is -2.45. The monoisotopic (exact) mass is 429 g/mol. The van der Waals surface area contributed by atoms with Gasteiger partial charge in [-0.25, -0.2) is 4.79 Å². The summed E-state index contributed by atoms with van der Waals surface area (Å²) in [6.07, 6.45) is 5.45. The van der Waals surface area contributed by atoms with Gasteiger partial charge >= 0.3 is 6.03 Å². The normalized spacial score (nSPS) is 18.4. The molecule has 0 aromatic heterocycles. The van der Waals surface area contributed by atoms with Crippen LogP contribution in [0.1, 0.15) is 43.2 Å². The largest absolute Gasteiger partial charge is 0.335 e. The lowest BCUT2D eigenvalue weighted by molar-refractivity contribution is -0.122. The van der Waals surface area contributed by atoms with Crippen LogP contribution in [0.2, 0.25) is 0 Å². The maximum absolute atomic E-state index is 12.5. The second kappa shape index (κ2) is 11.2. The molecule has 3 rings (SSSR count). The first kappa shape index (κ1) is 23.2. The number of urea groups is 1. The van der Waals surface area contributed by atoms with E-state index in [1.54, 1.807) is 0 Å². The van der Waals surface area contributed by atoms with E-state index in [4.69, 9.17) is 0 Å². The lowest BCUT2D eigenvalue weighted by Gasteiger charge is -2.33. The zero-order chi connectivity index (χ0) is 22.2. The smallest absolute Gasteiger partial charge is 0.321 e. The summed E-state index contributed by atoms with van der Waals surface area (Å²) in [5.74, 6) is -0.308. The Morgan fingerprint density at radius 1 is 0.871 bits per heavy atom. The minimum absolute atomic E-state index is 0.0250. The third-order valence-electron chi connectivity index (χ3n) is 6.14. The summed E-state index contributed by atoms with van der Waals surface area (Å²) in [4.78, 5) is 40.8. The molecule has 2 fully saturated rings. The topological polar surface area (TPSA) is 93.8 Å². The fourth-order valence-electron chi connectivity index (χ4n) is 4.34. The van der Waals surface area contributed by atoms with Gasteiger partial charge in [0, 0.05) is 37.9 Å². The van der Waals surface area contributed by atoms with Gasteiger partial charge in [-0.05, 0) is 37.8 Å². The van der Waals surface area contributed by atoms with Crippen molar-refractivity contribution < 1.29 is 14.4 Å². The minimum Gasteiger partial charge on any atom is -0.335 e. The Balaban J connectivity index is 1.34. The van der Waals surface area contributed by atoms with Gasteiger partial charge in [-0.15, -0.1) is 0 Å². The Morgan fingerprint density at radius 3 is 2.00 bits per heavy atom. The average Bonchev–Trinajstić information content (AvgIpc) is 2.73. The summed E-state index contributed by atoms with van der Waals surface area (Å²) in [6.45, 7) is 7.30. The van der Waals surface area contributed by atoms with Gasteiger partial charge in [-0.3, -0.25) is 24.7 Å². The first-order chi connectivity index (χ1) is 14.9. The van der Waals surface area contributed by atoms with Crippen molar-refractivity contribution >= 4 is 23.5 Å². The fourth-order valence-corrected chi connectivity index (χ4v) is 4.34. The van der Waals surface area contributed by atoms with Crippen LogP contribution in [0.25, 0.3) is 0 Å². The quantitative estimate of drug-likeness (QED) is 0.643. The van der Waals surface area contributed by atoms with Crippen LogP contribution in [-0.2, 0) is 9.59 Å². The molecule has 0 bridgehead atoms. The predicted octanol–water partition coefficient (Wildman–Crippen LogP) is 2.02. The second-order valence-corrected chi connectivity index (χ2v) is 8.72. The average molecular weight is 430 g/mol. The molecule has 1 saturated carbocycles. The highest BCUT2D eigenvalue weighted by molar-refractivity contribution is 5.95. The molecule has 1 aromatic rings. The number of imide groups is 1. The number of rotatable bonds is 6. The lowest BCUT2D eigenvalue weighted by atomic mass is 9.96. The van der Waals surface area contributed by atoms with Crippen LogP contribution < -0.4 is 16.0 Å². The maximum atomic E-state index is 12.5. The fraction of sp³-hybridized carbons (Fsp3) is 0.609. The van der Waals surface area contributed by atoms with Crippen LogP contribution in [0.4, 0.5) is 10.5 Å². The highest BCUT2D eigenvalue weighted by Gasteiger charge is 2.22. The Kier molecular flexibility index (Phi) is 8.43. The molecule has 1 saturated heterocycles. The van der Waals surface area contributed by atoms with Crippen molar-refractivity contribution in [3.63, 3.8) is 0 Å². The van der Waals surface area contributed by atoms with Gasteiger partial charge in [0.1, 0.15) is 0 Å². The molecule has 1 heterocycles. The third kappa shape index (κ3) is 7.33. The number of amides is 4. The highest BCUT2D eigenvalue weighted by Crippen LogP contribution is 2.19. The number of benzene rings is 1. The van der Waals surface area contributed by atoms with Gasteiger partial charge < -0.3 is 10.6 Å². The van der Waals surface area contributed by atoms with Gasteiger partial charge in [0.25, 0.3) is 0 Å². The molecular weight excluding hydrogens is 394 g/mol. The first-order valence-electron chi connectivity index (χ1n) is 11.3. The van der Waals surface area contributed by atoms with E-state index in [1.807, 2.05) is 36.9 Å². The molecule has 8 nitrogen and oxygen atoms in total. The molecular formula is C23H35N5O3. The second-order valence-electron chi connectivity index (χ2n) is 8.72. The van der Waals surface area contributed by atoms with Crippen LogP contribution in [0, 0.1) is 13.8 Å². The van der Waals surface area contributed by atoms with Crippen molar-refractivity contribution in [3.05, 3.63) is 29.3 Å². The van der Waals surface area contributed by atoms with Crippen molar-refractivity contribution in [2.75, 3.05) is 44.6 Å². The minimum atomic E-state index is -0.390. The zero-order valence-corrected chi connectivity index (χ0v) is 18.7. The summed E-state index contributed by atoms with van der Waals surface area (Å²) in [7, 11) is 0. The van der Waals surface area contributed by atoms with Crippen molar-refractivity contribution in [3.8, 4) is 0 Å². The molecule has 1 aliphatic carbocycles. The van der Waals surface area contributed by atoms with Crippen molar-refractivity contribution in [1.29, 1.82) is 0 Å². The number of para-hydroxylation sites is 1. The highest BCUT2D eigenvalue weighted by atomic mass is 16.2. The van der Waals surface area contributed by atoms with Gasteiger partial charge in [0.2, 0.25) is 11.8 Å². The van der Waals surface area contributed by atoms with E-state index in [1.165, 1.54) is 6.42 Å². The van der Waals surface area contributed by atoms with E-state index in [0.29, 0.717) is 32.7 Å². The predicted molar refractivity (Wildman–Crippen MR) is 121 cm³/mol. The number of piperazine rings is 1. The zero-order valence-electron chi connectivity index (χ0n) is 18.7. The van der Waals surface area contributed by atoms with E-state index >= 15 is 0 Å². The standard InChI is InChI=1S/C23H35N5O3/c1-17-7-6-8-18(2)22(17)25-20(29)15-27-11-13-28(14-12-27)16-21(30)26-23(31)24-19-9-4-3-5-10-19/h6-8,19H,3-5,9-16H2,1-2H3,(H,25,29)(H2,24,26,30,31). The molecule has 0 atom stereocenters. The van der Waals surface area contributed by atoms with Gasteiger partial charge in [-0.1, -0.05) is 37.5 Å². The van der Waals surface area contributed by atoms with E-state index in [2.05, 4.69) is 20.9 Å². The maximum Gasteiger partial charge on any atom is 0.321 e. The number of hydrogen-bond acceptors (Lipinski definition) is 5. The molecule has 170 valence electrons. The Labute approximate surface area is 184 Å². The van der Waals surface area contributed by atoms with E-state index in [0.717, 1.165) is 42.5 Å². The summed E-state index contributed by atoms with van der Waals surface area (Å²) in [5.41, 5.74) is 2.99. The number of carbonyl (C=O) groups excluding carboxylic acids is 3. The van der Waals surface area contributed by atoms with Crippen LogP contribution >= 0.6 is 0 Å². The number of nitrogens with zero attached hydrogens (tertiary/aromatic N) is 2. The van der Waals surface area contributed by atoms with Crippen molar-refractivity contribution in [2.45, 2.75) is 52.0 Å². The van der Waals surface area contributed by atoms with Crippen LogP contribution in [0.5, 0.6) is 0 Å². The summed E-state index contributed by atoms with van der Waals surface area (Å²) >= 11 is 0. The molecule has 0 unspecified atom stereocenters. The number of anilines is 1. The lowest BCUT2D eigenvalue weighted by Crippen LogP contribution is -2.52. The number of carbonyl (C=O) groups is 3. The number of nitrogens with one attached hydrogen (secondary N) is 3. The van der Waals surface area contributed by atoms with Gasteiger partial charge in [0.05, 0.1) is 13.1 Å². The molecule has 0 spiro atoms. The first-order valence-corrected chi connectivity index (χ1v) is 11.3. The SMILES string of the molecule is Cc1cccc(C)c1NC(=O)CN1CCN(CC(=O)NC(=O)NC2CCCCC2)CC1. The Morgan fingerprint density at radius 2 is 1.42 bits per heavy atom. The molecule has 2 aliphatic rings. The Bertz CT molecular complexity index is 763. The number of aryl methyl sites for hydroxylation is 2. The van der Waals surface area contributed by atoms with Crippen LogP contribution in [0.15, 0.2) is 18.2 Å². The van der Waals surface area contributed by atoms with E-state index in [-0.39, 0.29) is 24.4 Å². The van der Waals surface area contributed by atoms with E-state index < -0.39 is 6.03 Å². The van der Waals surface area contributed by atoms with Crippen molar-refractivity contribution in [1.82, 2.24) is 20.4 Å².